The molecule has 5 heteroatoms. The van der Waals surface area contributed by atoms with E-state index in [0.717, 1.165) is 32.4 Å². The van der Waals surface area contributed by atoms with Crippen LogP contribution in [0.25, 0.3) is 0 Å². The van der Waals surface area contributed by atoms with Crippen LogP contribution in [0, 0.1) is 0 Å². The number of fused-ring (bicyclic) bond motifs is 1. The van der Waals surface area contributed by atoms with Gasteiger partial charge >= 0.3 is 0 Å². The highest BCUT2D eigenvalue weighted by atomic mass is 32.2. The lowest BCUT2D eigenvalue weighted by atomic mass is 10.0. The SMILES string of the molecule is O=S1(=O)CCC(NC2CCN(c3ccc4c(c3)CCC4)CC2)C1. The number of rotatable bonds is 3. The first-order valence-corrected chi connectivity index (χ1v) is 10.7. The van der Waals surface area contributed by atoms with E-state index in [1.807, 2.05) is 0 Å². The summed E-state index contributed by atoms with van der Waals surface area (Å²) in [7, 11) is -2.78. The second-order valence-corrected chi connectivity index (χ2v) is 9.56. The molecule has 4 nitrogen and oxygen atoms in total. The lowest BCUT2D eigenvalue weighted by molar-refractivity contribution is 0.379. The number of benzene rings is 1. The molecule has 1 unspecified atom stereocenters. The highest BCUT2D eigenvalue weighted by Gasteiger charge is 2.30. The molecule has 126 valence electrons. The fraction of sp³-hybridized carbons (Fsp3) is 0.667. The van der Waals surface area contributed by atoms with Gasteiger partial charge in [-0.15, -0.1) is 0 Å². The monoisotopic (exact) mass is 334 g/mol. The molecule has 0 aromatic heterocycles. The molecule has 23 heavy (non-hydrogen) atoms. The summed E-state index contributed by atoms with van der Waals surface area (Å²) in [4.78, 5) is 2.49. The molecule has 1 aromatic carbocycles. The van der Waals surface area contributed by atoms with Crippen molar-refractivity contribution in [1.29, 1.82) is 0 Å². The quantitative estimate of drug-likeness (QED) is 0.917. The van der Waals surface area contributed by atoms with Crippen molar-refractivity contribution in [1.82, 2.24) is 5.32 Å². The molecule has 0 amide bonds. The van der Waals surface area contributed by atoms with E-state index in [9.17, 15) is 8.42 Å². The molecular formula is C18H26N2O2S. The first-order chi connectivity index (χ1) is 11.1. The summed E-state index contributed by atoms with van der Waals surface area (Å²) >= 11 is 0. The number of nitrogens with zero attached hydrogens (tertiary/aromatic N) is 1. The van der Waals surface area contributed by atoms with Crippen molar-refractivity contribution >= 4 is 15.5 Å². The molecule has 0 saturated carbocycles. The van der Waals surface area contributed by atoms with Crippen LogP contribution in [0.2, 0.25) is 0 Å². The molecule has 2 saturated heterocycles. The summed E-state index contributed by atoms with van der Waals surface area (Å²) in [6, 6.07) is 7.63. The fourth-order valence-corrected chi connectivity index (χ4v) is 6.01. The molecule has 1 aromatic rings. The van der Waals surface area contributed by atoms with E-state index in [1.165, 1.54) is 30.5 Å². The van der Waals surface area contributed by atoms with Gasteiger partial charge in [-0.3, -0.25) is 0 Å². The van der Waals surface area contributed by atoms with Crippen LogP contribution in [0.1, 0.15) is 36.8 Å². The Bertz CT molecular complexity index is 678. The number of piperidine rings is 1. The number of hydrogen-bond donors (Lipinski definition) is 1. The van der Waals surface area contributed by atoms with Crippen LogP contribution >= 0.6 is 0 Å². The Kier molecular flexibility index (Phi) is 4.10. The molecule has 3 aliphatic rings. The summed E-state index contributed by atoms with van der Waals surface area (Å²) in [6.45, 7) is 2.13. The minimum atomic E-state index is -2.78. The average Bonchev–Trinajstić information content (AvgIpc) is 3.13. The maximum Gasteiger partial charge on any atom is 0.151 e. The van der Waals surface area contributed by atoms with Gasteiger partial charge in [-0.1, -0.05) is 6.07 Å². The Balaban J connectivity index is 1.32. The van der Waals surface area contributed by atoms with Gasteiger partial charge < -0.3 is 10.2 Å². The van der Waals surface area contributed by atoms with Gasteiger partial charge in [0, 0.05) is 30.9 Å². The zero-order chi connectivity index (χ0) is 15.9. The Morgan fingerprint density at radius 2 is 1.78 bits per heavy atom. The van der Waals surface area contributed by atoms with Crippen LogP contribution in [-0.2, 0) is 22.7 Å². The lowest BCUT2D eigenvalue weighted by Gasteiger charge is -2.35. The van der Waals surface area contributed by atoms with Gasteiger partial charge in [-0.2, -0.15) is 0 Å². The van der Waals surface area contributed by atoms with Gasteiger partial charge in [0.25, 0.3) is 0 Å². The number of aryl methyl sites for hydroxylation is 2. The first kappa shape index (κ1) is 15.5. The third-order valence-corrected chi connectivity index (χ3v) is 7.41. The van der Waals surface area contributed by atoms with Crippen molar-refractivity contribution in [3.63, 3.8) is 0 Å². The molecule has 2 aliphatic heterocycles. The Hall–Kier alpha value is -1.07. The van der Waals surface area contributed by atoms with Gasteiger partial charge in [0.15, 0.2) is 9.84 Å². The average molecular weight is 334 g/mol. The standard InChI is InChI=1S/C18H26N2O2S/c21-23(22)11-8-17(13-23)19-16-6-9-20(10-7-16)18-5-4-14-2-1-3-15(14)12-18/h4-5,12,16-17,19H,1-3,6-11,13H2. The normalized spacial score (nSPS) is 27.3. The molecule has 1 N–H and O–H groups in total. The molecule has 0 bridgehead atoms. The molecule has 4 rings (SSSR count). The third-order valence-electron chi connectivity index (χ3n) is 5.65. The number of nitrogens with one attached hydrogen (secondary N) is 1. The minimum absolute atomic E-state index is 0.177. The molecule has 0 radical (unpaired) electrons. The highest BCUT2D eigenvalue weighted by Crippen LogP contribution is 2.28. The maximum atomic E-state index is 11.6. The Labute approximate surface area is 139 Å². The Morgan fingerprint density at radius 1 is 1.00 bits per heavy atom. The summed E-state index contributed by atoms with van der Waals surface area (Å²) in [5.74, 6) is 0.691. The largest absolute Gasteiger partial charge is 0.371 e. The van der Waals surface area contributed by atoms with Crippen molar-refractivity contribution in [3.05, 3.63) is 29.3 Å². The van der Waals surface area contributed by atoms with E-state index in [0.29, 0.717) is 17.5 Å². The van der Waals surface area contributed by atoms with Gasteiger partial charge in [-0.05, 0) is 61.8 Å². The molecule has 1 atom stereocenters. The summed E-state index contributed by atoms with van der Waals surface area (Å²) in [5.41, 5.74) is 4.44. The zero-order valence-corrected chi connectivity index (χ0v) is 14.4. The van der Waals surface area contributed by atoms with E-state index < -0.39 is 9.84 Å². The van der Waals surface area contributed by atoms with Crippen LogP contribution < -0.4 is 10.2 Å². The maximum absolute atomic E-state index is 11.6. The molecule has 2 heterocycles. The molecule has 1 aliphatic carbocycles. The summed E-state index contributed by atoms with van der Waals surface area (Å²) in [5, 5.41) is 3.58. The number of sulfone groups is 1. The van der Waals surface area contributed by atoms with E-state index >= 15 is 0 Å². The summed E-state index contributed by atoms with van der Waals surface area (Å²) in [6.07, 6.45) is 6.77. The topological polar surface area (TPSA) is 49.4 Å². The molecule has 2 fully saturated rings. The van der Waals surface area contributed by atoms with Crippen LogP contribution in [0.5, 0.6) is 0 Å². The third kappa shape index (κ3) is 3.41. The van der Waals surface area contributed by atoms with Gasteiger partial charge in [0.2, 0.25) is 0 Å². The fourth-order valence-electron chi connectivity index (χ4n) is 4.32. The zero-order valence-electron chi connectivity index (χ0n) is 13.6. The van der Waals surface area contributed by atoms with E-state index in [4.69, 9.17) is 0 Å². The van der Waals surface area contributed by atoms with Crippen LogP contribution in [0.15, 0.2) is 18.2 Å². The first-order valence-electron chi connectivity index (χ1n) is 8.92. The van der Waals surface area contributed by atoms with Gasteiger partial charge in [-0.25, -0.2) is 8.42 Å². The highest BCUT2D eigenvalue weighted by molar-refractivity contribution is 7.91. The van der Waals surface area contributed by atoms with Crippen LogP contribution in [0.3, 0.4) is 0 Å². The van der Waals surface area contributed by atoms with E-state index in [1.54, 1.807) is 5.56 Å². The Morgan fingerprint density at radius 3 is 2.52 bits per heavy atom. The predicted molar refractivity (Wildman–Crippen MR) is 93.9 cm³/mol. The second kappa shape index (κ2) is 6.10. The van der Waals surface area contributed by atoms with Crippen molar-refractivity contribution < 1.29 is 8.42 Å². The predicted octanol–water partition coefficient (Wildman–Crippen LogP) is 1.92. The van der Waals surface area contributed by atoms with Gasteiger partial charge in [0.05, 0.1) is 11.5 Å². The van der Waals surface area contributed by atoms with Crippen molar-refractivity contribution in [2.45, 2.75) is 50.6 Å². The lowest BCUT2D eigenvalue weighted by Crippen LogP contribution is -2.46. The van der Waals surface area contributed by atoms with Crippen LogP contribution in [-0.4, -0.2) is 45.1 Å². The van der Waals surface area contributed by atoms with E-state index in [2.05, 4.69) is 28.4 Å². The van der Waals surface area contributed by atoms with Crippen molar-refractivity contribution in [2.75, 3.05) is 29.5 Å². The van der Waals surface area contributed by atoms with Gasteiger partial charge in [0.1, 0.15) is 0 Å². The van der Waals surface area contributed by atoms with Crippen molar-refractivity contribution in [2.24, 2.45) is 0 Å². The smallest absolute Gasteiger partial charge is 0.151 e. The molecular weight excluding hydrogens is 308 g/mol. The second-order valence-electron chi connectivity index (χ2n) is 7.33. The van der Waals surface area contributed by atoms with E-state index in [-0.39, 0.29) is 6.04 Å². The molecule has 0 spiro atoms. The summed E-state index contributed by atoms with van der Waals surface area (Å²) < 4.78 is 23.1. The number of anilines is 1. The number of hydrogen-bond acceptors (Lipinski definition) is 4. The van der Waals surface area contributed by atoms with Crippen molar-refractivity contribution in [3.8, 4) is 0 Å². The van der Waals surface area contributed by atoms with Crippen LogP contribution in [0.4, 0.5) is 5.69 Å². The minimum Gasteiger partial charge on any atom is -0.371 e.